The lowest BCUT2D eigenvalue weighted by Gasteiger charge is -2.14. The second-order valence-corrected chi connectivity index (χ2v) is 7.00. The maximum Gasteiger partial charge on any atom is 0.335 e. The number of hydrogen-bond acceptors (Lipinski definition) is 4. The molecule has 0 heterocycles. The quantitative estimate of drug-likeness (QED) is 0.891. The van der Waals surface area contributed by atoms with Crippen molar-refractivity contribution in [1.82, 2.24) is 0 Å². The molecule has 0 amide bonds. The number of carbonyl (C=O) groups is 1. The van der Waals surface area contributed by atoms with Crippen LogP contribution in [0.1, 0.15) is 30.6 Å². The number of carboxylic acid groups (broad SMARTS) is 1. The Morgan fingerprint density at radius 2 is 1.84 bits per heavy atom. The van der Waals surface area contributed by atoms with Gasteiger partial charge in [-0.25, -0.2) is 13.2 Å². The molecule has 0 aliphatic rings. The van der Waals surface area contributed by atoms with Gasteiger partial charge in [0.25, 0.3) is 0 Å². The van der Waals surface area contributed by atoms with Crippen molar-refractivity contribution in [2.75, 3.05) is 5.75 Å². The summed E-state index contributed by atoms with van der Waals surface area (Å²) < 4.78 is 24.0. The Kier molecular flexibility index (Phi) is 4.32. The molecule has 1 aromatic rings. The van der Waals surface area contributed by atoms with E-state index < -0.39 is 21.2 Å². The lowest BCUT2D eigenvalue weighted by Crippen LogP contribution is -2.16. The molecule has 0 spiro atoms. The average Bonchev–Trinajstić information content (AvgIpc) is 2.37. The van der Waals surface area contributed by atoms with Gasteiger partial charge in [-0.05, 0) is 44.5 Å². The van der Waals surface area contributed by atoms with Crippen LogP contribution in [0.3, 0.4) is 0 Å². The topological polar surface area (TPSA) is 95.2 Å². The Morgan fingerprint density at radius 1 is 1.32 bits per heavy atom. The normalized spacial score (nSPS) is 11.8. The molecule has 0 bridgehead atoms. The molecule has 6 heteroatoms. The molecule has 0 saturated heterocycles. The molecular weight excluding hydrogens is 266 g/mol. The monoisotopic (exact) mass is 281 g/mol. The molecule has 0 aliphatic carbocycles. The zero-order chi connectivity index (χ0) is 14.7. The van der Waals surface area contributed by atoms with Gasteiger partial charge in [-0.1, -0.05) is 0 Å². The van der Waals surface area contributed by atoms with Gasteiger partial charge in [-0.2, -0.15) is 5.26 Å². The zero-order valence-corrected chi connectivity index (χ0v) is 11.6. The highest BCUT2D eigenvalue weighted by atomic mass is 32.2. The summed E-state index contributed by atoms with van der Waals surface area (Å²) in [5, 5.41) is 17.6. The van der Waals surface area contributed by atoms with Gasteiger partial charge in [-0.15, -0.1) is 0 Å². The van der Waals surface area contributed by atoms with Gasteiger partial charge < -0.3 is 5.11 Å². The Hall–Kier alpha value is -1.87. The molecule has 5 nitrogen and oxygen atoms in total. The van der Waals surface area contributed by atoms with Crippen LogP contribution in [0, 0.1) is 16.7 Å². The first-order valence-electron chi connectivity index (χ1n) is 5.65. The SMILES string of the molecule is CC(C)(C#N)CCS(=O)(=O)c1ccc(C(=O)O)cc1. The van der Waals surface area contributed by atoms with Gasteiger partial charge in [-0.3, -0.25) is 0 Å². The van der Waals surface area contributed by atoms with Crippen molar-refractivity contribution in [3.05, 3.63) is 29.8 Å². The lowest BCUT2D eigenvalue weighted by molar-refractivity contribution is 0.0696. The van der Waals surface area contributed by atoms with E-state index >= 15 is 0 Å². The van der Waals surface area contributed by atoms with Crippen LogP contribution >= 0.6 is 0 Å². The average molecular weight is 281 g/mol. The van der Waals surface area contributed by atoms with Crippen molar-refractivity contribution in [3.63, 3.8) is 0 Å². The summed E-state index contributed by atoms with van der Waals surface area (Å²) in [6.45, 7) is 3.35. The highest BCUT2D eigenvalue weighted by Crippen LogP contribution is 2.22. The summed E-state index contributed by atoms with van der Waals surface area (Å²) in [6.07, 6.45) is 0.229. The van der Waals surface area contributed by atoms with Gasteiger partial charge in [0, 0.05) is 0 Å². The van der Waals surface area contributed by atoms with Gasteiger partial charge in [0.1, 0.15) is 0 Å². The first-order valence-corrected chi connectivity index (χ1v) is 7.30. The molecule has 0 saturated carbocycles. The summed E-state index contributed by atoms with van der Waals surface area (Å²) in [6, 6.07) is 7.11. The van der Waals surface area contributed by atoms with E-state index in [1.54, 1.807) is 13.8 Å². The van der Waals surface area contributed by atoms with Gasteiger partial charge in [0.2, 0.25) is 0 Å². The fourth-order valence-corrected chi connectivity index (χ4v) is 2.93. The van der Waals surface area contributed by atoms with Gasteiger partial charge in [0.05, 0.1) is 27.7 Å². The van der Waals surface area contributed by atoms with Crippen LogP contribution in [0.5, 0.6) is 0 Å². The summed E-state index contributed by atoms with van der Waals surface area (Å²) >= 11 is 0. The van der Waals surface area contributed by atoms with Crippen molar-refractivity contribution < 1.29 is 18.3 Å². The number of aromatic carboxylic acids is 1. The van der Waals surface area contributed by atoms with Crippen molar-refractivity contribution >= 4 is 15.8 Å². The molecule has 0 fully saturated rings. The van der Waals surface area contributed by atoms with Gasteiger partial charge >= 0.3 is 5.97 Å². The standard InChI is InChI=1S/C13H15NO4S/c1-13(2,9-14)7-8-19(17,18)11-5-3-10(4-6-11)12(15)16/h3-6H,7-8H2,1-2H3,(H,15,16). The highest BCUT2D eigenvalue weighted by Gasteiger charge is 2.22. The minimum absolute atomic E-state index is 0.0382. The molecule has 1 N–H and O–H groups in total. The molecule has 0 unspecified atom stereocenters. The number of carboxylic acids is 1. The Bertz CT molecular complexity index is 609. The molecule has 19 heavy (non-hydrogen) atoms. The van der Waals surface area contributed by atoms with Crippen molar-refractivity contribution in [3.8, 4) is 6.07 Å². The Morgan fingerprint density at radius 3 is 2.26 bits per heavy atom. The maximum absolute atomic E-state index is 12.0. The maximum atomic E-state index is 12.0. The van der Waals surface area contributed by atoms with E-state index in [-0.39, 0.29) is 22.6 Å². The third-order valence-corrected chi connectivity index (χ3v) is 4.49. The van der Waals surface area contributed by atoms with Crippen LogP contribution in [0.4, 0.5) is 0 Å². The predicted molar refractivity (Wildman–Crippen MR) is 69.5 cm³/mol. The second kappa shape index (κ2) is 5.41. The van der Waals surface area contributed by atoms with Crippen LogP contribution in [-0.4, -0.2) is 25.2 Å². The minimum Gasteiger partial charge on any atom is -0.478 e. The first kappa shape index (κ1) is 15.2. The largest absolute Gasteiger partial charge is 0.478 e. The minimum atomic E-state index is -3.49. The molecule has 0 atom stereocenters. The van der Waals surface area contributed by atoms with Crippen LogP contribution in [0.25, 0.3) is 0 Å². The van der Waals surface area contributed by atoms with Crippen LogP contribution < -0.4 is 0 Å². The molecule has 102 valence electrons. The number of nitriles is 1. The Labute approximate surface area is 112 Å². The predicted octanol–water partition coefficient (Wildman–Crippen LogP) is 2.10. The van der Waals surface area contributed by atoms with E-state index in [1.165, 1.54) is 24.3 Å². The molecule has 0 aliphatic heterocycles. The third kappa shape index (κ3) is 4.07. The molecular formula is C13H15NO4S. The summed E-state index contributed by atoms with van der Waals surface area (Å²) in [7, 11) is -3.49. The summed E-state index contributed by atoms with van der Waals surface area (Å²) in [5.41, 5.74) is -0.662. The third-order valence-electron chi connectivity index (χ3n) is 2.76. The van der Waals surface area contributed by atoms with Crippen LogP contribution in [0.15, 0.2) is 29.2 Å². The van der Waals surface area contributed by atoms with Crippen molar-refractivity contribution in [2.24, 2.45) is 5.41 Å². The number of benzene rings is 1. The summed E-state index contributed by atoms with van der Waals surface area (Å²) in [4.78, 5) is 10.7. The molecule has 0 radical (unpaired) electrons. The highest BCUT2D eigenvalue weighted by molar-refractivity contribution is 7.91. The first-order chi connectivity index (χ1) is 8.68. The molecule has 1 rings (SSSR count). The van der Waals surface area contributed by atoms with E-state index in [9.17, 15) is 13.2 Å². The zero-order valence-electron chi connectivity index (χ0n) is 10.8. The number of hydrogen-bond donors (Lipinski definition) is 1. The fraction of sp³-hybridized carbons (Fsp3) is 0.385. The van der Waals surface area contributed by atoms with Crippen LogP contribution in [-0.2, 0) is 9.84 Å². The van der Waals surface area contributed by atoms with E-state index in [0.717, 1.165) is 0 Å². The van der Waals surface area contributed by atoms with Crippen LogP contribution in [0.2, 0.25) is 0 Å². The number of nitrogens with zero attached hydrogens (tertiary/aromatic N) is 1. The van der Waals surface area contributed by atoms with Gasteiger partial charge in [0.15, 0.2) is 9.84 Å². The van der Waals surface area contributed by atoms with E-state index in [1.807, 2.05) is 6.07 Å². The van der Waals surface area contributed by atoms with Crippen molar-refractivity contribution in [1.29, 1.82) is 5.26 Å². The van der Waals surface area contributed by atoms with E-state index in [0.29, 0.717) is 0 Å². The lowest BCUT2D eigenvalue weighted by atomic mass is 9.93. The molecule has 0 aromatic heterocycles. The van der Waals surface area contributed by atoms with E-state index in [4.69, 9.17) is 10.4 Å². The number of rotatable bonds is 5. The smallest absolute Gasteiger partial charge is 0.335 e. The number of sulfone groups is 1. The van der Waals surface area contributed by atoms with E-state index in [2.05, 4.69) is 0 Å². The second-order valence-electron chi connectivity index (χ2n) is 4.89. The summed E-state index contributed by atoms with van der Waals surface area (Å²) in [5.74, 6) is -1.24. The van der Waals surface area contributed by atoms with Crippen molar-refractivity contribution in [2.45, 2.75) is 25.2 Å². The molecule has 1 aromatic carbocycles. The Balaban J connectivity index is 2.90. The fourth-order valence-electron chi connectivity index (χ4n) is 1.37.